The summed E-state index contributed by atoms with van der Waals surface area (Å²) in [5.41, 5.74) is 6.30. The third-order valence-corrected chi connectivity index (χ3v) is 2.11. The third kappa shape index (κ3) is 3.45. The van der Waals surface area contributed by atoms with Crippen molar-refractivity contribution >= 4 is 5.78 Å². The first-order chi connectivity index (χ1) is 7.17. The summed E-state index contributed by atoms with van der Waals surface area (Å²) in [7, 11) is 1.57. The fourth-order valence-corrected chi connectivity index (χ4v) is 1.31. The third-order valence-electron chi connectivity index (χ3n) is 2.11. The van der Waals surface area contributed by atoms with Gasteiger partial charge in [0.25, 0.3) is 0 Å². The molecular formula is C10H17N3O2. The summed E-state index contributed by atoms with van der Waals surface area (Å²) in [5.74, 6) is 0.0132. The van der Waals surface area contributed by atoms with Crippen molar-refractivity contribution in [3.63, 3.8) is 0 Å². The van der Waals surface area contributed by atoms with E-state index in [0.717, 1.165) is 6.54 Å². The van der Waals surface area contributed by atoms with E-state index in [-0.39, 0.29) is 11.8 Å². The summed E-state index contributed by atoms with van der Waals surface area (Å²) < 4.78 is 6.59. The normalized spacial score (nSPS) is 12.7. The number of hydrogen-bond acceptors (Lipinski definition) is 4. The smallest absolute Gasteiger partial charge is 0.167 e. The van der Waals surface area contributed by atoms with Gasteiger partial charge in [-0.25, -0.2) is 0 Å². The van der Waals surface area contributed by atoms with Crippen LogP contribution in [0.25, 0.3) is 0 Å². The number of aryl methyl sites for hydroxylation is 1. The Labute approximate surface area is 89.2 Å². The summed E-state index contributed by atoms with van der Waals surface area (Å²) in [4.78, 5) is 11.7. The lowest BCUT2D eigenvalue weighted by Crippen LogP contribution is -2.28. The molecule has 1 aromatic rings. The zero-order valence-electron chi connectivity index (χ0n) is 9.14. The molecule has 1 atom stereocenters. The lowest BCUT2D eigenvalue weighted by molar-refractivity contribution is 0.0949. The Hall–Kier alpha value is -1.20. The van der Waals surface area contributed by atoms with Crippen LogP contribution in [0.4, 0.5) is 0 Å². The molecule has 1 heterocycles. The number of carbonyl (C=O) groups excluding carboxylic acids is 1. The minimum atomic E-state index is -0.243. The van der Waals surface area contributed by atoms with Gasteiger partial charge in [0.05, 0.1) is 18.4 Å². The predicted molar refractivity (Wildman–Crippen MR) is 56.7 cm³/mol. The first-order valence-corrected chi connectivity index (χ1v) is 4.97. The van der Waals surface area contributed by atoms with Gasteiger partial charge >= 0.3 is 0 Å². The Morgan fingerprint density at radius 1 is 1.73 bits per heavy atom. The summed E-state index contributed by atoms with van der Waals surface area (Å²) >= 11 is 0. The number of methoxy groups -OCH3 is 1. The SMILES string of the molecule is CCn1cc(C(=O)CC(N)COC)cn1. The van der Waals surface area contributed by atoms with Crippen LogP contribution in [0, 0.1) is 0 Å². The molecule has 1 rings (SSSR count). The maximum Gasteiger partial charge on any atom is 0.167 e. The number of carbonyl (C=O) groups is 1. The van der Waals surface area contributed by atoms with E-state index < -0.39 is 0 Å². The zero-order chi connectivity index (χ0) is 11.3. The van der Waals surface area contributed by atoms with Gasteiger partial charge in [-0.15, -0.1) is 0 Å². The Morgan fingerprint density at radius 3 is 3.00 bits per heavy atom. The molecule has 0 fully saturated rings. The van der Waals surface area contributed by atoms with E-state index in [9.17, 15) is 4.79 Å². The van der Waals surface area contributed by atoms with Gasteiger partial charge in [-0.1, -0.05) is 0 Å². The highest BCUT2D eigenvalue weighted by atomic mass is 16.5. The molecule has 0 aliphatic rings. The van der Waals surface area contributed by atoms with Crippen molar-refractivity contribution in [2.45, 2.75) is 25.9 Å². The summed E-state index contributed by atoms with van der Waals surface area (Å²) in [6.07, 6.45) is 3.61. The van der Waals surface area contributed by atoms with Gasteiger partial charge in [0.15, 0.2) is 5.78 Å². The second kappa shape index (κ2) is 5.63. The van der Waals surface area contributed by atoms with Crippen LogP contribution in [0.5, 0.6) is 0 Å². The summed E-state index contributed by atoms with van der Waals surface area (Å²) in [5, 5.41) is 4.03. The first-order valence-electron chi connectivity index (χ1n) is 4.97. The van der Waals surface area contributed by atoms with Crippen molar-refractivity contribution in [3.05, 3.63) is 18.0 Å². The summed E-state index contributed by atoms with van der Waals surface area (Å²) in [6, 6.07) is -0.243. The number of ketones is 1. The summed E-state index contributed by atoms with van der Waals surface area (Å²) in [6.45, 7) is 3.13. The zero-order valence-corrected chi connectivity index (χ0v) is 9.14. The van der Waals surface area contributed by atoms with Crippen molar-refractivity contribution in [2.75, 3.05) is 13.7 Å². The molecule has 2 N–H and O–H groups in total. The predicted octanol–water partition coefficient (Wildman–Crippen LogP) is 0.449. The fourth-order valence-electron chi connectivity index (χ4n) is 1.31. The molecule has 0 saturated heterocycles. The number of nitrogens with zero attached hydrogens (tertiary/aromatic N) is 2. The lowest BCUT2D eigenvalue weighted by atomic mass is 10.1. The van der Waals surface area contributed by atoms with Crippen LogP contribution in [-0.2, 0) is 11.3 Å². The molecule has 0 saturated carbocycles. The number of aromatic nitrogens is 2. The Bertz CT molecular complexity index is 322. The van der Waals surface area contributed by atoms with Crippen LogP contribution in [0.15, 0.2) is 12.4 Å². The maximum atomic E-state index is 11.7. The van der Waals surface area contributed by atoms with Gasteiger partial charge in [0, 0.05) is 32.3 Å². The van der Waals surface area contributed by atoms with Gasteiger partial charge in [-0.05, 0) is 6.92 Å². The standard InChI is InChI=1S/C10H17N3O2/c1-3-13-6-8(5-12-13)10(14)4-9(11)7-15-2/h5-6,9H,3-4,7,11H2,1-2H3. The van der Waals surface area contributed by atoms with E-state index in [1.165, 1.54) is 0 Å². The van der Waals surface area contributed by atoms with E-state index in [2.05, 4.69) is 5.10 Å². The van der Waals surface area contributed by atoms with Crippen LogP contribution in [-0.4, -0.2) is 35.3 Å². The number of rotatable bonds is 6. The maximum absolute atomic E-state index is 11.7. The van der Waals surface area contributed by atoms with Crippen molar-refractivity contribution in [3.8, 4) is 0 Å². The van der Waals surface area contributed by atoms with Crippen molar-refractivity contribution in [1.29, 1.82) is 0 Å². The van der Waals surface area contributed by atoms with Gasteiger partial charge < -0.3 is 10.5 Å². The van der Waals surface area contributed by atoms with Gasteiger partial charge in [0.1, 0.15) is 0 Å². The molecule has 1 aromatic heterocycles. The highest BCUT2D eigenvalue weighted by Gasteiger charge is 2.12. The Morgan fingerprint density at radius 2 is 2.47 bits per heavy atom. The Kier molecular flexibility index (Phi) is 4.45. The highest BCUT2D eigenvalue weighted by Crippen LogP contribution is 2.04. The lowest BCUT2D eigenvalue weighted by Gasteiger charge is -2.07. The fraction of sp³-hybridized carbons (Fsp3) is 0.600. The number of nitrogens with two attached hydrogens (primary N) is 1. The molecule has 0 aliphatic carbocycles. The molecule has 5 nitrogen and oxygen atoms in total. The molecule has 0 spiro atoms. The molecule has 5 heteroatoms. The topological polar surface area (TPSA) is 70.1 Å². The van der Waals surface area contributed by atoms with Crippen molar-refractivity contribution in [1.82, 2.24) is 9.78 Å². The minimum Gasteiger partial charge on any atom is -0.383 e. The van der Waals surface area contributed by atoms with Crippen LogP contribution in [0.3, 0.4) is 0 Å². The minimum absolute atomic E-state index is 0.0132. The monoisotopic (exact) mass is 211 g/mol. The van der Waals surface area contributed by atoms with Crippen molar-refractivity contribution in [2.24, 2.45) is 5.73 Å². The van der Waals surface area contributed by atoms with Crippen LogP contribution in [0.2, 0.25) is 0 Å². The molecular weight excluding hydrogens is 194 g/mol. The van der Waals surface area contributed by atoms with Gasteiger partial charge in [-0.2, -0.15) is 5.10 Å². The molecule has 0 aliphatic heterocycles. The molecule has 1 unspecified atom stereocenters. The second-order valence-electron chi connectivity index (χ2n) is 3.43. The van der Waals surface area contributed by atoms with E-state index in [1.807, 2.05) is 6.92 Å². The molecule has 15 heavy (non-hydrogen) atoms. The molecule has 84 valence electrons. The quantitative estimate of drug-likeness (QED) is 0.693. The van der Waals surface area contributed by atoms with Crippen LogP contribution < -0.4 is 5.73 Å². The van der Waals surface area contributed by atoms with E-state index in [1.54, 1.807) is 24.2 Å². The molecule has 0 bridgehead atoms. The second-order valence-corrected chi connectivity index (χ2v) is 3.43. The average molecular weight is 211 g/mol. The van der Waals surface area contributed by atoms with E-state index >= 15 is 0 Å². The molecule has 0 aromatic carbocycles. The van der Waals surface area contributed by atoms with Crippen molar-refractivity contribution < 1.29 is 9.53 Å². The molecule has 0 amide bonds. The highest BCUT2D eigenvalue weighted by molar-refractivity contribution is 5.95. The Balaban J connectivity index is 2.53. The van der Waals surface area contributed by atoms with Crippen LogP contribution in [0.1, 0.15) is 23.7 Å². The first kappa shape index (κ1) is 11.9. The number of ether oxygens (including phenoxy) is 1. The largest absolute Gasteiger partial charge is 0.383 e. The van der Waals surface area contributed by atoms with Gasteiger partial charge in [0.2, 0.25) is 0 Å². The van der Waals surface area contributed by atoms with Gasteiger partial charge in [-0.3, -0.25) is 9.48 Å². The number of Topliss-reactive ketones (excluding diaryl/α,β-unsaturated/α-hetero) is 1. The average Bonchev–Trinajstić information content (AvgIpc) is 2.66. The van der Waals surface area contributed by atoms with Crippen LogP contribution >= 0.6 is 0 Å². The van der Waals surface area contributed by atoms with E-state index in [0.29, 0.717) is 18.6 Å². The van der Waals surface area contributed by atoms with E-state index in [4.69, 9.17) is 10.5 Å². The number of hydrogen-bond donors (Lipinski definition) is 1. The molecule has 0 radical (unpaired) electrons.